The summed E-state index contributed by atoms with van der Waals surface area (Å²) >= 11 is 6.15. The Labute approximate surface area is 199 Å². The fraction of sp³-hybridized carbons (Fsp3) is 0.550. The molecule has 0 amide bonds. The van der Waals surface area contributed by atoms with Gasteiger partial charge in [-0.15, -0.1) is 24.0 Å². The lowest BCUT2D eigenvalue weighted by Crippen LogP contribution is -2.52. The zero-order valence-electron chi connectivity index (χ0n) is 17.6. The van der Waals surface area contributed by atoms with Crippen LogP contribution in [0, 0.1) is 5.82 Å². The van der Waals surface area contributed by atoms with Gasteiger partial charge in [-0.2, -0.15) is 4.98 Å². The maximum absolute atomic E-state index is 14.0. The van der Waals surface area contributed by atoms with Gasteiger partial charge in [0.05, 0.1) is 0 Å². The number of hydrogen-bond acceptors (Lipinski definition) is 5. The van der Waals surface area contributed by atoms with Crippen LogP contribution >= 0.6 is 35.6 Å². The van der Waals surface area contributed by atoms with Gasteiger partial charge in [-0.1, -0.05) is 36.7 Å². The van der Waals surface area contributed by atoms with Crippen LogP contribution in [-0.4, -0.2) is 65.7 Å². The SMILES string of the molecule is CN=C(NCCc1nc(C(C)C)no1)N1CCN(Cc2c(F)cccc2Cl)CC1.I. The lowest BCUT2D eigenvalue weighted by molar-refractivity contribution is 0.171. The Balaban J connectivity index is 0.00000320. The topological polar surface area (TPSA) is 69.8 Å². The highest BCUT2D eigenvalue weighted by atomic mass is 127. The predicted molar refractivity (Wildman–Crippen MR) is 127 cm³/mol. The molecule has 0 bridgehead atoms. The van der Waals surface area contributed by atoms with Crippen molar-refractivity contribution < 1.29 is 8.91 Å². The van der Waals surface area contributed by atoms with E-state index in [1.165, 1.54) is 6.07 Å². The normalized spacial score (nSPS) is 15.4. The molecule has 1 fully saturated rings. The molecule has 1 aliphatic heterocycles. The summed E-state index contributed by atoms with van der Waals surface area (Å²) in [5, 5.41) is 7.82. The van der Waals surface area contributed by atoms with Gasteiger partial charge in [-0.25, -0.2) is 4.39 Å². The Kier molecular flexibility index (Phi) is 9.76. The maximum atomic E-state index is 14.0. The molecule has 0 atom stereocenters. The number of halogens is 3. The zero-order chi connectivity index (χ0) is 20.8. The molecule has 1 aromatic heterocycles. The molecule has 166 valence electrons. The minimum Gasteiger partial charge on any atom is -0.356 e. The van der Waals surface area contributed by atoms with E-state index in [1.54, 1.807) is 19.2 Å². The molecule has 3 rings (SSSR count). The summed E-state index contributed by atoms with van der Waals surface area (Å²) in [5.74, 6) is 2.21. The molecule has 2 heterocycles. The molecule has 1 N–H and O–H groups in total. The van der Waals surface area contributed by atoms with Gasteiger partial charge in [0.25, 0.3) is 0 Å². The molecule has 1 aliphatic rings. The molecule has 7 nitrogen and oxygen atoms in total. The van der Waals surface area contributed by atoms with Crippen LogP contribution in [0.25, 0.3) is 0 Å². The van der Waals surface area contributed by atoms with E-state index in [0.717, 1.165) is 38.0 Å². The highest BCUT2D eigenvalue weighted by molar-refractivity contribution is 14.0. The van der Waals surface area contributed by atoms with Crippen molar-refractivity contribution in [3.05, 3.63) is 46.3 Å². The number of aromatic nitrogens is 2. The van der Waals surface area contributed by atoms with Gasteiger partial charge in [0, 0.05) is 69.2 Å². The first kappa shape index (κ1) is 24.8. The number of nitrogens with zero attached hydrogens (tertiary/aromatic N) is 5. The number of benzene rings is 1. The predicted octanol–water partition coefficient (Wildman–Crippen LogP) is 3.54. The third kappa shape index (κ3) is 6.52. The van der Waals surface area contributed by atoms with Crippen molar-refractivity contribution in [2.75, 3.05) is 39.8 Å². The number of piperazine rings is 1. The maximum Gasteiger partial charge on any atom is 0.228 e. The van der Waals surface area contributed by atoms with Crippen LogP contribution in [0.1, 0.15) is 37.0 Å². The van der Waals surface area contributed by atoms with Gasteiger partial charge >= 0.3 is 0 Å². The van der Waals surface area contributed by atoms with Crippen molar-refractivity contribution in [2.45, 2.75) is 32.7 Å². The molecule has 0 spiro atoms. The standard InChI is InChI=1S/C20H28ClFN6O.HI/c1-14(2)19-25-18(29-26-19)7-8-24-20(23-3)28-11-9-27(10-12-28)13-15-16(21)5-4-6-17(15)22;/h4-6,14H,7-13H2,1-3H3,(H,23,24);1H. The van der Waals surface area contributed by atoms with Crippen molar-refractivity contribution in [2.24, 2.45) is 4.99 Å². The second-order valence-corrected chi connectivity index (χ2v) is 7.80. The summed E-state index contributed by atoms with van der Waals surface area (Å²) in [6, 6.07) is 4.82. The number of guanidine groups is 1. The monoisotopic (exact) mass is 550 g/mol. The molecule has 0 saturated carbocycles. The quantitative estimate of drug-likeness (QED) is 0.337. The molecule has 30 heavy (non-hydrogen) atoms. The Hall–Kier alpha value is -1.46. The molecule has 0 aliphatic carbocycles. The molecule has 2 aromatic rings. The van der Waals surface area contributed by atoms with Gasteiger partial charge in [0.1, 0.15) is 5.82 Å². The fourth-order valence-corrected chi connectivity index (χ4v) is 3.47. The van der Waals surface area contributed by atoms with Gasteiger partial charge in [-0.05, 0) is 12.1 Å². The Morgan fingerprint density at radius 2 is 2.03 bits per heavy atom. The number of hydrogen-bond donors (Lipinski definition) is 1. The molecule has 0 unspecified atom stereocenters. The van der Waals surface area contributed by atoms with Crippen molar-refractivity contribution in [1.82, 2.24) is 25.3 Å². The summed E-state index contributed by atoms with van der Waals surface area (Å²) in [4.78, 5) is 13.2. The van der Waals surface area contributed by atoms with Crippen LogP contribution < -0.4 is 5.32 Å². The minimum absolute atomic E-state index is 0. The summed E-state index contributed by atoms with van der Waals surface area (Å²) in [6.07, 6.45) is 0.643. The summed E-state index contributed by atoms with van der Waals surface area (Å²) in [6.45, 7) is 8.49. The third-order valence-electron chi connectivity index (χ3n) is 4.95. The van der Waals surface area contributed by atoms with Crippen molar-refractivity contribution in [3.8, 4) is 0 Å². The van der Waals surface area contributed by atoms with E-state index in [0.29, 0.717) is 36.0 Å². The number of aliphatic imine (C=N–C) groups is 1. The van der Waals surface area contributed by atoms with E-state index in [-0.39, 0.29) is 35.7 Å². The van der Waals surface area contributed by atoms with Crippen LogP contribution in [0.3, 0.4) is 0 Å². The molecular weight excluding hydrogens is 522 g/mol. The number of nitrogens with one attached hydrogen (secondary N) is 1. The van der Waals surface area contributed by atoms with Gasteiger partial charge in [0.2, 0.25) is 5.89 Å². The lowest BCUT2D eigenvalue weighted by atomic mass is 10.2. The van der Waals surface area contributed by atoms with Gasteiger partial charge in [-0.3, -0.25) is 9.89 Å². The van der Waals surface area contributed by atoms with Crippen molar-refractivity contribution in [3.63, 3.8) is 0 Å². The van der Waals surface area contributed by atoms with Crippen LogP contribution in [0.5, 0.6) is 0 Å². The molecule has 1 aromatic carbocycles. The first-order chi connectivity index (χ1) is 14.0. The Bertz CT molecular complexity index is 818. The first-order valence-electron chi connectivity index (χ1n) is 9.91. The van der Waals surface area contributed by atoms with Crippen LogP contribution in [0.2, 0.25) is 5.02 Å². The second-order valence-electron chi connectivity index (χ2n) is 7.39. The third-order valence-corrected chi connectivity index (χ3v) is 5.30. The first-order valence-corrected chi connectivity index (χ1v) is 10.3. The summed E-state index contributed by atoms with van der Waals surface area (Å²) in [7, 11) is 1.78. The second kappa shape index (κ2) is 11.8. The molecule has 1 saturated heterocycles. The Morgan fingerprint density at radius 1 is 1.30 bits per heavy atom. The van der Waals surface area contributed by atoms with E-state index >= 15 is 0 Å². The van der Waals surface area contributed by atoms with Gasteiger partial charge < -0.3 is 14.7 Å². The van der Waals surface area contributed by atoms with Crippen LogP contribution in [0.4, 0.5) is 4.39 Å². The average molecular weight is 551 g/mol. The van der Waals surface area contributed by atoms with Crippen molar-refractivity contribution >= 4 is 41.5 Å². The lowest BCUT2D eigenvalue weighted by Gasteiger charge is -2.36. The van der Waals surface area contributed by atoms with E-state index in [1.807, 2.05) is 13.8 Å². The minimum atomic E-state index is -0.251. The van der Waals surface area contributed by atoms with E-state index in [2.05, 4.69) is 30.2 Å². The summed E-state index contributed by atoms with van der Waals surface area (Å²) in [5.41, 5.74) is 0.561. The smallest absolute Gasteiger partial charge is 0.228 e. The van der Waals surface area contributed by atoms with E-state index in [9.17, 15) is 4.39 Å². The van der Waals surface area contributed by atoms with E-state index < -0.39 is 0 Å². The van der Waals surface area contributed by atoms with E-state index in [4.69, 9.17) is 16.1 Å². The van der Waals surface area contributed by atoms with Crippen LogP contribution in [-0.2, 0) is 13.0 Å². The Morgan fingerprint density at radius 3 is 2.63 bits per heavy atom. The molecule has 0 radical (unpaired) electrons. The van der Waals surface area contributed by atoms with Crippen LogP contribution in [0.15, 0.2) is 27.7 Å². The molecule has 10 heteroatoms. The number of rotatable bonds is 6. The van der Waals surface area contributed by atoms with Gasteiger partial charge in [0.15, 0.2) is 11.8 Å². The summed E-state index contributed by atoms with van der Waals surface area (Å²) < 4.78 is 19.3. The molecular formula is C20H29ClFIN6O. The highest BCUT2D eigenvalue weighted by Gasteiger charge is 2.21. The highest BCUT2D eigenvalue weighted by Crippen LogP contribution is 2.21. The largest absolute Gasteiger partial charge is 0.356 e. The van der Waals surface area contributed by atoms with Crippen molar-refractivity contribution in [1.29, 1.82) is 0 Å². The average Bonchev–Trinajstić information content (AvgIpc) is 3.18. The zero-order valence-corrected chi connectivity index (χ0v) is 20.7. The fourth-order valence-electron chi connectivity index (χ4n) is 3.24.